The molecule has 1 amide bonds. The van der Waals surface area contributed by atoms with E-state index in [4.69, 9.17) is 4.74 Å². The summed E-state index contributed by atoms with van der Waals surface area (Å²) >= 11 is 0. The van der Waals surface area contributed by atoms with Crippen LogP contribution in [-0.2, 0) is 16.0 Å². The Labute approximate surface area is 173 Å². The first-order valence-electron chi connectivity index (χ1n) is 9.59. The predicted molar refractivity (Wildman–Crippen MR) is 107 cm³/mol. The maximum atomic E-state index is 13.0. The van der Waals surface area contributed by atoms with E-state index in [1.165, 1.54) is 24.3 Å². The number of halogens is 1. The van der Waals surface area contributed by atoms with Crippen molar-refractivity contribution in [2.24, 2.45) is 0 Å². The van der Waals surface area contributed by atoms with E-state index in [1.807, 2.05) is 48.5 Å². The number of hydrogen-bond acceptors (Lipinski definition) is 4. The van der Waals surface area contributed by atoms with Crippen molar-refractivity contribution in [1.29, 1.82) is 0 Å². The molecular formula is C24H19FNO4-. The zero-order chi connectivity index (χ0) is 21.1. The van der Waals surface area contributed by atoms with Crippen molar-refractivity contribution < 1.29 is 23.8 Å². The molecule has 0 saturated carbocycles. The van der Waals surface area contributed by atoms with Gasteiger partial charge < -0.3 is 20.0 Å². The molecule has 0 aliphatic heterocycles. The van der Waals surface area contributed by atoms with Gasteiger partial charge in [0.1, 0.15) is 12.4 Å². The number of carbonyl (C=O) groups is 2. The largest absolute Gasteiger partial charge is 0.548 e. The monoisotopic (exact) mass is 404 g/mol. The van der Waals surface area contributed by atoms with Gasteiger partial charge in [0.2, 0.25) is 0 Å². The highest BCUT2D eigenvalue weighted by molar-refractivity contribution is 5.80. The second kappa shape index (κ2) is 8.37. The Morgan fingerprint density at radius 2 is 1.50 bits per heavy atom. The number of ether oxygens (including phenoxy) is 1. The zero-order valence-electron chi connectivity index (χ0n) is 16.0. The lowest BCUT2D eigenvalue weighted by atomic mass is 9.98. The lowest BCUT2D eigenvalue weighted by Crippen LogP contribution is -2.49. The summed E-state index contributed by atoms with van der Waals surface area (Å²) in [6.45, 7) is 0.0795. The molecule has 3 aromatic carbocycles. The number of fused-ring (bicyclic) bond motifs is 3. The highest BCUT2D eigenvalue weighted by Gasteiger charge is 2.29. The van der Waals surface area contributed by atoms with E-state index < -0.39 is 23.9 Å². The number of carboxylic acid groups (broad SMARTS) is 1. The normalized spacial score (nSPS) is 13.2. The number of benzene rings is 3. The molecule has 4 rings (SSSR count). The molecule has 1 N–H and O–H groups in total. The number of aliphatic carboxylic acids is 1. The van der Waals surface area contributed by atoms with Crippen LogP contribution >= 0.6 is 0 Å². The van der Waals surface area contributed by atoms with Gasteiger partial charge >= 0.3 is 6.09 Å². The van der Waals surface area contributed by atoms with Gasteiger partial charge in [0, 0.05) is 5.92 Å². The third kappa shape index (κ3) is 4.03. The summed E-state index contributed by atoms with van der Waals surface area (Å²) in [7, 11) is 0. The Kier molecular flexibility index (Phi) is 5.48. The number of nitrogens with one attached hydrogen (secondary N) is 1. The van der Waals surface area contributed by atoms with Crippen LogP contribution in [0.2, 0.25) is 0 Å². The molecule has 0 spiro atoms. The fraction of sp³-hybridized carbons (Fsp3) is 0.167. The smallest absolute Gasteiger partial charge is 0.407 e. The van der Waals surface area contributed by atoms with E-state index in [0.29, 0.717) is 5.56 Å². The molecule has 1 atom stereocenters. The molecular weight excluding hydrogens is 385 g/mol. The first-order valence-corrected chi connectivity index (χ1v) is 9.59. The summed E-state index contributed by atoms with van der Waals surface area (Å²) in [6.07, 6.45) is -0.875. The van der Waals surface area contributed by atoms with Gasteiger partial charge in [-0.15, -0.1) is 0 Å². The minimum atomic E-state index is -1.44. The molecule has 152 valence electrons. The minimum Gasteiger partial charge on any atom is -0.548 e. The summed E-state index contributed by atoms with van der Waals surface area (Å²) in [5.41, 5.74) is 4.89. The Hall–Kier alpha value is -3.67. The van der Waals surface area contributed by atoms with E-state index >= 15 is 0 Å². The summed E-state index contributed by atoms with van der Waals surface area (Å²) in [5, 5.41) is 13.8. The first-order chi connectivity index (χ1) is 14.5. The van der Waals surface area contributed by atoms with Crippen molar-refractivity contribution in [3.63, 3.8) is 0 Å². The van der Waals surface area contributed by atoms with Crippen LogP contribution in [0.3, 0.4) is 0 Å². The van der Waals surface area contributed by atoms with Crippen molar-refractivity contribution in [3.8, 4) is 11.1 Å². The lowest BCUT2D eigenvalue weighted by molar-refractivity contribution is -0.308. The number of rotatable bonds is 6. The van der Waals surface area contributed by atoms with E-state index in [-0.39, 0.29) is 18.9 Å². The number of hydrogen-bond donors (Lipinski definition) is 1. The molecule has 0 aromatic heterocycles. The van der Waals surface area contributed by atoms with Crippen LogP contribution < -0.4 is 10.4 Å². The lowest BCUT2D eigenvalue weighted by Gasteiger charge is -2.21. The van der Waals surface area contributed by atoms with Gasteiger partial charge in [-0.2, -0.15) is 0 Å². The molecule has 0 heterocycles. The van der Waals surface area contributed by atoms with Crippen LogP contribution in [0.4, 0.5) is 9.18 Å². The van der Waals surface area contributed by atoms with Crippen LogP contribution in [0.15, 0.2) is 72.8 Å². The van der Waals surface area contributed by atoms with E-state index in [2.05, 4.69) is 5.32 Å². The van der Waals surface area contributed by atoms with Crippen molar-refractivity contribution in [3.05, 3.63) is 95.3 Å². The topological polar surface area (TPSA) is 78.5 Å². The van der Waals surface area contributed by atoms with E-state index in [1.54, 1.807) is 0 Å². The number of carboxylic acids is 1. The van der Waals surface area contributed by atoms with Crippen molar-refractivity contribution >= 4 is 12.1 Å². The van der Waals surface area contributed by atoms with Crippen molar-refractivity contribution in [2.75, 3.05) is 6.61 Å². The Bertz CT molecular complexity index is 1040. The van der Waals surface area contributed by atoms with Crippen LogP contribution in [0, 0.1) is 5.82 Å². The SMILES string of the molecule is O=C(N[C@H](Cc1ccc(F)cc1)C(=O)[O-])OCC1c2ccccc2-c2ccccc21. The van der Waals surface area contributed by atoms with Crippen LogP contribution in [0.1, 0.15) is 22.6 Å². The highest BCUT2D eigenvalue weighted by Crippen LogP contribution is 2.44. The second-order valence-corrected chi connectivity index (χ2v) is 7.17. The molecule has 0 fully saturated rings. The van der Waals surface area contributed by atoms with Gasteiger partial charge in [-0.05, 0) is 46.4 Å². The molecule has 0 unspecified atom stereocenters. The summed E-state index contributed by atoms with van der Waals surface area (Å²) < 4.78 is 18.4. The van der Waals surface area contributed by atoms with Gasteiger partial charge in [0.15, 0.2) is 0 Å². The second-order valence-electron chi connectivity index (χ2n) is 7.17. The summed E-state index contributed by atoms with van der Waals surface area (Å²) in [5.74, 6) is -1.98. The molecule has 1 aliphatic rings. The van der Waals surface area contributed by atoms with Crippen molar-refractivity contribution in [2.45, 2.75) is 18.4 Å². The molecule has 30 heavy (non-hydrogen) atoms. The predicted octanol–water partition coefficient (Wildman–Crippen LogP) is 3.03. The number of alkyl carbamates (subject to hydrolysis) is 1. The summed E-state index contributed by atoms with van der Waals surface area (Å²) in [6, 6.07) is 20.0. The van der Waals surface area contributed by atoms with Gasteiger partial charge in [0.05, 0.1) is 12.0 Å². The molecule has 0 saturated heterocycles. The van der Waals surface area contributed by atoms with Crippen LogP contribution in [-0.4, -0.2) is 24.7 Å². The third-order valence-electron chi connectivity index (χ3n) is 5.27. The van der Waals surface area contributed by atoms with Gasteiger partial charge in [0.25, 0.3) is 0 Å². The standard InChI is InChI=1S/C24H20FNO4/c25-16-11-9-15(10-12-16)13-22(23(27)28)26-24(29)30-14-21-19-7-3-1-5-17(19)18-6-2-4-8-20(18)21/h1-12,21-22H,13-14H2,(H,26,29)(H,27,28)/p-1/t22-/m1/s1. The first kappa shape index (κ1) is 19.6. The average molecular weight is 404 g/mol. The Balaban J connectivity index is 1.43. The molecule has 6 heteroatoms. The molecule has 3 aromatic rings. The van der Waals surface area contributed by atoms with Crippen molar-refractivity contribution in [1.82, 2.24) is 5.32 Å². The number of amides is 1. The Morgan fingerprint density at radius 3 is 2.07 bits per heavy atom. The van der Waals surface area contributed by atoms with Gasteiger partial charge in [-0.25, -0.2) is 9.18 Å². The maximum absolute atomic E-state index is 13.0. The van der Waals surface area contributed by atoms with Crippen LogP contribution in [0.25, 0.3) is 11.1 Å². The van der Waals surface area contributed by atoms with E-state index in [0.717, 1.165) is 22.3 Å². The average Bonchev–Trinajstić information content (AvgIpc) is 3.07. The molecule has 1 aliphatic carbocycles. The highest BCUT2D eigenvalue weighted by atomic mass is 19.1. The van der Waals surface area contributed by atoms with Crippen LogP contribution in [0.5, 0.6) is 0 Å². The Morgan fingerprint density at radius 1 is 0.933 bits per heavy atom. The third-order valence-corrected chi connectivity index (χ3v) is 5.27. The summed E-state index contributed by atoms with van der Waals surface area (Å²) in [4.78, 5) is 23.7. The fourth-order valence-electron chi connectivity index (χ4n) is 3.83. The fourth-order valence-corrected chi connectivity index (χ4v) is 3.83. The molecule has 0 radical (unpaired) electrons. The van der Waals surface area contributed by atoms with E-state index in [9.17, 15) is 19.1 Å². The molecule has 5 nitrogen and oxygen atoms in total. The molecule has 0 bridgehead atoms. The van der Waals surface area contributed by atoms with Gasteiger partial charge in [-0.3, -0.25) is 0 Å². The minimum absolute atomic E-state index is 0.0349. The maximum Gasteiger partial charge on any atom is 0.407 e. The quantitative estimate of drug-likeness (QED) is 0.685. The van der Waals surface area contributed by atoms with Gasteiger partial charge in [-0.1, -0.05) is 60.7 Å². The zero-order valence-corrected chi connectivity index (χ0v) is 16.0. The number of carbonyl (C=O) groups excluding carboxylic acids is 2.